The lowest BCUT2D eigenvalue weighted by atomic mass is 10.0. The van der Waals surface area contributed by atoms with Gasteiger partial charge in [0.1, 0.15) is 23.3 Å². The summed E-state index contributed by atoms with van der Waals surface area (Å²) in [7, 11) is -4.07. The Morgan fingerprint density at radius 2 is 1.40 bits per heavy atom. The van der Waals surface area contributed by atoms with Crippen LogP contribution in [-0.2, 0) is 29.1 Å². The molecule has 0 aliphatic rings. The fourth-order valence-electron chi connectivity index (χ4n) is 3.65. The molecule has 1 heterocycles. The molecule has 0 saturated heterocycles. The quantitative estimate of drug-likeness (QED) is 0.287. The first-order valence-corrected chi connectivity index (χ1v) is 15.5. The number of esters is 2. The molecule has 0 bridgehead atoms. The molecule has 0 fully saturated rings. The van der Waals surface area contributed by atoms with Crippen LogP contribution in [0.2, 0.25) is 0 Å². The van der Waals surface area contributed by atoms with Crippen molar-refractivity contribution in [2.24, 2.45) is 5.73 Å². The van der Waals surface area contributed by atoms with Gasteiger partial charge in [-0.3, -0.25) is 9.59 Å². The van der Waals surface area contributed by atoms with Crippen molar-refractivity contribution in [3.05, 3.63) is 77.2 Å². The summed E-state index contributed by atoms with van der Waals surface area (Å²) in [6.07, 6.45) is 0. The Kier molecular flexibility index (Phi) is 10.3. The number of nitrogens with two attached hydrogens (primary N) is 1. The number of amides is 1. The third-order valence-electron chi connectivity index (χ3n) is 5.55. The van der Waals surface area contributed by atoms with Gasteiger partial charge in [-0.2, -0.15) is 4.72 Å². The largest absolute Gasteiger partial charge is 0.459 e. The highest BCUT2D eigenvalue weighted by atomic mass is 32.2. The van der Waals surface area contributed by atoms with E-state index in [1.54, 1.807) is 96.1 Å². The van der Waals surface area contributed by atoms with Crippen molar-refractivity contribution in [1.82, 2.24) is 10.0 Å². The number of hydrogen-bond donors (Lipinski definition) is 3. The smallest absolute Gasteiger partial charge is 0.328 e. The first-order chi connectivity index (χ1) is 19.4. The molecule has 42 heavy (non-hydrogen) atoms. The Morgan fingerprint density at radius 1 is 0.833 bits per heavy atom. The van der Waals surface area contributed by atoms with Gasteiger partial charge in [0.25, 0.3) is 5.91 Å². The summed E-state index contributed by atoms with van der Waals surface area (Å²) >= 11 is 1.21. The number of nitrogens with one attached hydrogen (secondary N) is 2. The van der Waals surface area contributed by atoms with Gasteiger partial charge >= 0.3 is 11.9 Å². The van der Waals surface area contributed by atoms with Crippen LogP contribution < -0.4 is 15.8 Å². The number of carbonyl (C=O) groups excluding carboxylic acids is 3. The van der Waals surface area contributed by atoms with E-state index in [1.165, 1.54) is 23.5 Å². The Morgan fingerprint density at radius 3 is 1.98 bits per heavy atom. The highest BCUT2D eigenvalue weighted by Crippen LogP contribution is 2.29. The van der Waals surface area contributed by atoms with Gasteiger partial charge in [0.05, 0.1) is 9.77 Å². The molecule has 0 aliphatic heterocycles. The lowest BCUT2D eigenvalue weighted by Crippen LogP contribution is -2.50. The van der Waals surface area contributed by atoms with E-state index in [1.807, 2.05) is 0 Å². The van der Waals surface area contributed by atoms with E-state index in [-0.39, 0.29) is 11.4 Å². The molecule has 0 radical (unpaired) electrons. The summed E-state index contributed by atoms with van der Waals surface area (Å²) in [5, 5.41) is 2.64. The fourth-order valence-corrected chi connectivity index (χ4v) is 5.79. The maximum absolute atomic E-state index is 13.0. The van der Waals surface area contributed by atoms with Gasteiger partial charge in [-0.15, -0.1) is 11.3 Å². The van der Waals surface area contributed by atoms with Gasteiger partial charge in [-0.05, 0) is 76.9 Å². The third kappa shape index (κ3) is 9.48. The second-order valence-corrected chi connectivity index (χ2v) is 14.3. The molecule has 3 aromatic rings. The molecular formula is C30H37N3O7S2. The highest BCUT2D eigenvalue weighted by molar-refractivity contribution is 7.89. The van der Waals surface area contributed by atoms with E-state index in [2.05, 4.69) is 10.0 Å². The lowest BCUT2D eigenvalue weighted by molar-refractivity contribution is -0.157. The molecule has 0 spiro atoms. The van der Waals surface area contributed by atoms with Crippen molar-refractivity contribution in [2.75, 3.05) is 6.54 Å². The summed E-state index contributed by atoms with van der Waals surface area (Å²) in [5.41, 5.74) is 5.94. The average Bonchev–Trinajstić information content (AvgIpc) is 3.39. The van der Waals surface area contributed by atoms with Crippen molar-refractivity contribution in [2.45, 2.75) is 69.7 Å². The molecule has 3 rings (SSSR count). The number of hydrogen-bond acceptors (Lipinski definition) is 9. The Balaban J connectivity index is 1.70. The van der Waals surface area contributed by atoms with Crippen LogP contribution in [0.3, 0.4) is 0 Å². The summed E-state index contributed by atoms with van der Waals surface area (Å²) in [6.45, 7) is 9.97. The molecule has 0 aliphatic carbocycles. The zero-order valence-electron chi connectivity index (χ0n) is 24.5. The van der Waals surface area contributed by atoms with E-state index in [0.29, 0.717) is 10.4 Å². The number of rotatable bonds is 10. The van der Waals surface area contributed by atoms with Crippen molar-refractivity contribution in [3.63, 3.8) is 0 Å². The molecule has 12 heteroatoms. The molecule has 4 N–H and O–H groups in total. The normalized spacial score (nSPS) is 13.6. The van der Waals surface area contributed by atoms with E-state index in [0.717, 1.165) is 10.4 Å². The summed E-state index contributed by atoms with van der Waals surface area (Å²) in [4.78, 5) is 39.2. The monoisotopic (exact) mass is 615 g/mol. The number of ether oxygens (including phenoxy) is 2. The fraction of sp³-hybridized carbons (Fsp3) is 0.367. The Labute approximate surface area is 250 Å². The predicted molar refractivity (Wildman–Crippen MR) is 161 cm³/mol. The van der Waals surface area contributed by atoms with Crippen molar-refractivity contribution < 1.29 is 32.3 Å². The SMILES string of the molecule is CC(C)(C)OC(=O)C(CNC(=O)c1ccc(-c2ccc(C(N)C(=O)OC(C)(C)C)cc2)s1)NS(=O)(=O)c1ccccc1. The average molecular weight is 616 g/mol. The standard InChI is InChI=1S/C30H37N3O7S2/c1-29(2,3)39-27(35)22(33-42(37,38)21-10-8-7-9-11-21)18-32-26(34)24-17-16-23(41-24)19-12-14-20(15-13-19)25(31)28(36)40-30(4,5)6/h7-17,22,25,33H,18,31H2,1-6H3,(H,32,34). The van der Waals surface area contributed by atoms with Gasteiger partial charge in [0.15, 0.2) is 0 Å². The van der Waals surface area contributed by atoms with E-state index >= 15 is 0 Å². The maximum atomic E-state index is 13.0. The first-order valence-electron chi connectivity index (χ1n) is 13.2. The van der Waals surface area contributed by atoms with Crippen LogP contribution in [0.5, 0.6) is 0 Å². The van der Waals surface area contributed by atoms with Crippen LogP contribution in [0.25, 0.3) is 10.4 Å². The first kappa shape index (κ1) is 32.9. The van der Waals surface area contributed by atoms with E-state index in [9.17, 15) is 22.8 Å². The molecule has 2 aromatic carbocycles. The van der Waals surface area contributed by atoms with Crippen LogP contribution in [0.15, 0.2) is 71.6 Å². The molecular weight excluding hydrogens is 578 g/mol. The van der Waals surface area contributed by atoms with Crippen molar-refractivity contribution in [1.29, 1.82) is 0 Å². The molecule has 1 aromatic heterocycles. The Bertz CT molecular complexity index is 1500. The van der Waals surface area contributed by atoms with Crippen LogP contribution in [-0.4, -0.2) is 50.1 Å². The minimum Gasteiger partial charge on any atom is -0.459 e. The zero-order chi connectivity index (χ0) is 31.3. The maximum Gasteiger partial charge on any atom is 0.328 e. The molecule has 226 valence electrons. The summed E-state index contributed by atoms with van der Waals surface area (Å²) in [5.74, 6) is -1.83. The van der Waals surface area contributed by atoms with Crippen LogP contribution in [0, 0.1) is 0 Å². The van der Waals surface area contributed by atoms with Gasteiger partial charge in [-0.25, -0.2) is 13.2 Å². The van der Waals surface area contributed by atoms with Gasteiger partial charge < -0.3 is 20.5 Å². The number of sulfonamides is 1. The Hall–Kier alpha value is -3.58. The van der Waals surface area contributed by atoms with E-state index < -0.39 is 51.2 Å². The topological polar surface area (TPSA) is 154 Å². The number of carbonyl (C=O) groups is 3. The van der Waals surface area contributed by atoms with E-state index in [4.69, 9.17) is 15.2 Å². The highest BCUT2D eigenvalue weighted by Gasteiger charge is 2.30. The molecule has 2 unspecified atom stereocenters. The van der Waals surface area contributed by atoms with Gasteiger partial charge in [0.2, 0.25) is 10.0 Å². The van der Waals surface area contributed by atoms with Crippen LogP contribution in [0.1, 0.15) is 62.8 Å². The zero-order valence-corrected chi connectivity index (χ0v) is 26.1. The minimum atomic E-state index is -4.07. The van der Waals surface area contributed by atoms with Gasteiger partial charge in [0, 0.05) is 11.4 Å². The molecule has 2 atom stereocenters. The second-order valence-electron chi connectivity index (χ2n) is 11.5. The molecule has 0 saturated carbocycles. The van der Waals surface area contributed by atoms with Crippen molar-refractivity contribution in [3.8, 4) is 10.4 Å². The number of thiophene rings is 1. The molecule has 1 amide bonds. The predicted octanol–water partition coefficient (Wildman–Crippen LogP) is 4.18. The van der Waals surface area contributed by atoms with Crippen molar-refractivity contribution >= 4 is 39.2 Å². The van der Waals surface area contributed by atoms with Crippen LogP contribution in [0.4, 0.5) is 0 Å². The van der Waals surface area contributed by atoms with Crippen LogP contribution >= 0.6 is 11.3 Å². The van der Waals surface area contributed by atoms with Gasteiger partial charge in [-0.1, -0.05) is 42.5 Å². The second kappa shape index (κ2) is 13.2. The third-order valence-corrected chi connectivity index (χ3v) is 8.17. The summed E-state index contributed by atoms with van der Waals surface area (Å²) in [6, 6.07) is 15.8. The lowest BCUT2D eigenvalue weighted by Gasteiger charge is -2.24. The minimum absolute atomic E-state index is 0.0224. The number of benzene rings is 2. The molecule has 10 nitrogen and oxygen atoms in total. The summed E-state index contributed by atoms with van der Waals surface area (Å²) < 4.78 is 38.9.